The van der Waals surface area contributed by atoms with Gasteiger partial charge in [0.05, 0.1) is 5.69 Å². The summed E-state index contributed by atoms with van der Waals surface area (Å²) in [5.74, 6) is 0.736. The van der Waals surface area contributed by atoms with Gasteiger partial charge in [-0.15, -0.1) is 11.3 Å². The Morgan fingerprint density at radius 2 is 2.57 bits per heavy atom. The average molecular weight is 232 g/mol. The number of rotatable bonds is 4. The first-order valence-corrected chi connectivity index (χ1v) is 6.16. The van der Waals surface area contributed by atoms with Crippen LogP contribution in [0.25, 0.3) is 0 Å². The molecule has 0 saturated carbocycles. The molecular formula is C10H14ClNOS. The molecule has 1 fully saturated rings. The Kier molecular flexibility index (Phi) is 3.67. The predicted molar refractivity (Wildman–Crippen MR) is 61.4 cm³/mol. The first-order chi connectivity index (χ1) is 6.86. The molecule has 1 aliphatic rings. The second-order valence-corrected chi connectivity index (χ2v) is 5.07. The summed E-state index contributed by atoms with van der Waals surface area (Å²) in [6.07, 6.45) is 2.38. The number of nitrogens with one attached hydrogen (secondary N) is 1. The normalized spacial score (nSPS) is 21.4. The zero-order valence-corrected chi connectivity index (χ0v) is 9.53. The molecule has 0 amide bonds. The third kappa shape index (κ3) is 2.62. The quantitative estimate of drug-likeness (QED) is 0.859. The maximum atomic E-state index is 5.97. The van der Waals surface area contributed by atoms with E-state index in [9.17, 15) is 0 Å². The molecule has 4 heteroatoms. The van der Waals surface area contributed by atoms with E-state index < -0.39 is 0 Å². The summed E-state index contributed by atoms with van der Waals surface area (Å²) < 4.78 is 6.17. The molecule has 2 rings (SSSR count). The fraction of sp³-hybridized carbons (Fsp3) is 0.600. The highest BCUT2D eigenvalue weighted by atomic mass is 35.5. The Balaban J connectivity index is 1.70. The van der Waals surface area contributed by atoms with Crippen LogP contribution >= 0.6 is 22.9 Å². The lowest BCUT2D eigenvalue weighted by Crippen LogP contribution is -2.08. The summed E-state index contributed by atoms with van der Waals surface area (Å²) in [7, 11) is 0. The Morgan fingerprint density at radius 1 is 1.64 bits per heavy atom. The van der Waals surface area contributed by atoms with Crippen molar-refractivity contribution < 1.29 is 4.74 Å². The molecule has 1 aliphatic heterocycles. The summed E-state index contributed by atoms with van der Waals surface area (Å²) in [6.45, 7) is 2.85. The fourth-order valence-corrected chi connectivity index (χ4v) is 2.52. The van der Waals surface area contributed by atoms with Crippen LogP contribution in [-0.4, -0.2) is 19.8 Å². The highest BCUT2D eigenvalue weighted by Crippen LogP contribution is 2.27. The van der Waals surface area contributed by atoms with Crippen LogP contribution in [-0.2, 0) is 4.74 Å². The Hall–Kier alpha value is -0.250. The van der Waals surface area contributed by atoms with Crippen molar-refractivity contribution in [2.75, 3.05) is 25.1 Å². The molecule has 0 aliphatic carbocycles. The third-order valence-corrected chi connectivity index (χ3v) is 3.68. The van der Waals surface area contributed by atoms with Crippen molar-refractivity contribution in [3.63, 3.8) is 0 Å². The second-order valence-electron chi connectivity index (χ2n) is 3.55. The van der Waals surface area contributed by atoms with E-state index in [4.69, 9.17) is 16.3 Å². The molecule has 1 aromatic rings. The van der Waals surface area contributed by atoms with Crippen LogP contribution in [0, 0.1) is 5.92 Å². The molecular weight excluding hydrogens is 218 g/mol. The number of hydrogen-bond donors (Lipinski definition) is 1. The number of ether oxygens (including phenoxy) is 1. The monoisotopic (exact) mass is 231 g/mol. The van der Waals surface area contributed by atoms with Crippen LogP contribution in [0.4, 0.5) is 5.69 Å². The lowest BCUT2D eigenvalue weighted by Gasteiger charge is -2.08. The van der Waals surface area contributed by atoms with Crippen molar-refractivity contribution >= 4 is 28.6 Å². The maximum absolute atomic E-state index is 5.97. The van der Waals surface area contributed by atoms with Crippen molar-refractivity contribution in [3.8, 4) is 0 Å². The second kappa shape index (κ2) is 5.01. The summed E-state index contributed by atoms with van der Waals surface area (Å²) in [5.41, 5.74) is 1.07. The summed E-state index contributed by atoms with van der Waals surface area (Å²) >= 11 is 7.53. The third-order valence-electron chi connectivity index (χ3n) is 2.51. The van der Waals surface area contributed by atoms with Crippen LogP contribution in [0.3, 0.4) is 0 Å². The Morgan fingerprint density at radius 3 is 3.21 bits per heavy atom. The Bertz CT molecular complexity index is 283. The van der Waals surface area contributed by atoms with Crippen molar-refractivity contribution in [1.29, 1.82) is 0 Å². The van der Waals surface area contributed by atoms with E-state index in [0.717, 1.165) is 35.7 Å². The smallest absolute Gasteiger partial charge is 0.116 e. The van der Waals surface area contributed by atoms with Gasteiger partial charge in [-0.3, -0.25) is 0 Å². The molecule has 0 aromatic carbocycles. The van der Waals surface area contributed by atoms with Crippen LogP contribution in [0.5, 0.6) is 0 Å². The van der Waals surface area contributed by atoms with Gasteiger partial charge in [0.1, 0.15) is 4.34 Å². The van der Waals surface area contributed by atoms with Gasteiger partial charge in [-0.1, -0.05) is 11.6 Å². The van der Waals surface area contributed by atoms with Gasteiger partial charge in [0.25, 0.3) is 0 Å². The van der Waals surface area contributed by atoms with Gasteiger partial charge in [0.2, 0.25) is 0 Å². The number of thiophene rings is 1. The van der Waals surface area contributed by atoms with Gasteiger partial charge in [-0.25, -0.2) is 0 Å². The van der Waals surface area contributed by atoms with Gasteiger partial charge >= 0.3 is 0 Å². The molecule has 78 valence electrons. The van der Waals surface area contributed by atoms with E-state index >= 15 is 0 Å². The number of hydrogen-bond acceptors (Lipinski definition) is 3. The van der Waals surface area contributed by atoms with Crippen molar-refractivity contribution in [3.05, 3.63) is 15.8 Å². The lowest BCUT2D eigenvalue weighted by molar-refractivity contribution is 0.185. The van der Waals surface area contributed by atoms with E-state index in [1.165, 1.54) is 12.8 Å². The topological polar surface area (TPSA) is 21.3 Å². The molecule has 1 N–H and O–H groups in total. The molecule has 0 bridgehead atoms. The van der Waals surface area contributed by atoms with Crippen molar-refractivity contribution in [2.24, 2.45) is 5.92 Å². The first-order valence-electron chi connectivity index (χ1n) is 4.91. The van der Waals surface area contributed by atoms with E-state index in [2.05, 4.69) is 5.32 Å². The standard InChI is InChI=1S/C10H14ClNOS/c11-10-9(3-6-14-10)12-4-1-8-2-5-13-7-8/h3,6,8,12H,1-2,4-5,7H2. The van der Waals surface area contributed by atoms with E-state index in [1.54, 1.807) is 11.3 Å². The first kappa shape index (κ1) is 10.3. The van der Waals surface area contributed by atoms with Crippen LogP contribution < -0.4 is 5.32 Å². The van der Waals surface area contributed by atoms with Crippen LogP contribution in [0.2, 0.25) is 4.34 Å². The highest BCUT2D eigenvalue weighted by molar-refractivity contribution is 7.15. The minimum Gasteiger partial charge on any atom is -0.383 e. The fourth-order valence-electron chi connectivity index (χ4n) is 1.64. The zero-order chi connectivity index (χ0) is 9.80. The van der Waals surface area contributed by atoms with Crippen LogP contribution in [0.1, 0.15) is 12.8 Å². The van der Waals surface area contributed by atoms with E-state index in [0.29, 0.717) is 0 Å². The molecule has 2 nitrogen and oxygen atoms in total. The van der Waals surface area contributed by atoms with Crippen LogP contribution in [0.15, 0.2) is 11.4 Å². The lowest BCUT2D eigenvalue weighted by atomic mass is 10.1. The maximum Gasteiger partial charge on any atom is 0.116 e. The molecule has 1 saturated heterocycles. The van der Waals surface area contributed by atoms with Gasteiger partial charge in [0.15, 0.2) is 0 Å². The molecule has 1 unspecified atom stereocenters. The van der Waals surface area contributed by atoms with Gasteiger partial charge in [-0.2, -0.15) is 0 Å². The molecule has 0 radical (unpaired) electrons. The number of halogens is 1. The van der Waals surface area contributed by atoms with E-state index in [-0.39, 0.29) is 0 Å². The summed E-state index contributed by atoms with van der Waals surface area (Å²) in [6, 6.07) is 2.03. The van der Waals surface area contributed by atoms with E-state index in [1.807, 2.05) is 11.4 Å². The van der Waals surface area contributed by atoms with Crippen molar-refractivity contribution in [2.45, 2.75) is 12.8 Å². The summed E-state index contributed by atoms with van der Waals surface area (Å²) in [5, 5.41) is 5.35. The molecule has 2 heterocycles. The molecule has 1 atom stereocenters. The average Bonchev–Trinajstić information content (AvgIpc) is 2.78. The molecule has 0 spiro atoms. The zero-order valence-electron chi connectivity index (χ0n) is 7.96. The molecule has 14 heavy (non-hydrogen) atoms. The Labute approximate surface area is 93.2 Å². The van der Waals surface area contributed by atoms with Gasteiger partial charge in [-0.05, 0) is 30.2 Å². The number of anilines is 1. The van der Waals surface area contributed by atoms with Gasteiger partial charge in [0, 0.05) is 19.8 Å². The minimum atomic E-state index is 0.736. The molecule has 1 aromatic heterocycles. The predicted octanol–water partition coefficient (Wildman–Crippen LogP) is 3.24. The minimum absolute atomic E-state index is 0.736. The highest BCUT2D eigenvalue weighted by Gasteiger charge is 2.14. The van der Waals surface area contributed by atoms with Gasteiger partial charge < -0.3 is 10.1 Å². The van der Waals surface area contributed by atoms with Crippen molar-refractivity contribution in [1.82, 2.24) is 0 Å². The SMILES string of the molecule is Clc1sccc1NCCC1CCOC1. The summed E-state index contributed by atoms with van der Waals surface area (Å²) in [4.78, 5) is 0. The largest absolute Gasteiger partial charge is 0.383 e.